The number of hydrogen-bond acceptors (Lipinski definition) is 6. The van der Waals surface area contributed by atoms with Crippen molar-refractivity contribution < 1.29 is 29.0 Å². The van der Waals surface area contributed by atoms with Crippen molar-refractivity contribution in [3.05, 3.63) is 124 Å². The number of halogens is 1. The van der Waals surface area contributed by atoms with Crippen molar-refractivity contribution >= 4 is 64.5 Å². The third kappa shape index (κ3) is 9.46. The number of rotatable bonds is 12. The molecular weight excluding hydrogens is 614 g/mol. The molecule has 0 heterocycles. The normalized spacial score (nSPS) is 11.7. The number of carboxylic acids is 1. The van der Waals surface area contributed by atoms with Gasteiger partial charge in [-0.05, 0) is 86.2 Å². The van der Waals surface area contributed by atoms with Gasteiger partial charge >= 0.3 is 5.97 Å². The maximum Gasteiger partial charge on any atom is 0.337 e. The van der Waals surface area contributed by atoms with Crippen LogP contribution in [0.1, 0.15) is 40.1 Å². The van der Waals surface area contributed by atoms with Gasteiger partial charge in [-0.3, -0.25) is 14.4 Å². The molecule has 0 bridgehead atoms. The van der Waals surface area contributed by atoms with E-state index in [0.29, 0.717) is 39.8 Å². The Labute approximate surface area is 269 Å². The second-order valence-corrected chi connectivity index (χ2v) is 11.4. The summed E-state index contributed by atoms with van der Waals surface area (Å²) in [5, 5.41) is 17.0. The Bertz CT molecular complexity index is 1730. The van der Waals surface area contributed by atoms with Crippen LogP contribution >= 0.6 is 23.4 Å². The molecule has 0 spiro atoms. The molecule has 0 aromatic heterocycles. The molecule has 1 unspecified atom stereocenters. The predicted molar refractivity (Wildman–Crippen MR) is 177 cm³/mol. The number of nitrogens with one attached hydrogen (secondary N) is 3. The van der Waals surface area contributed by atoms with Crippen LogP contribution in [0.25, 0.3) is 6.08 Å². The number of hydrogen-bond donors (Lipinski definition) is 4. The SMILES string of the molecule is CCOc1ccc(/C=C(/NC(=O)c2ccccc2)C(=O)Nc2cccc(SC(C)C(=O)Nc3ccc(Cl)c(C(=O)O)c3)c2)cc1. The molecule has 0 aliphatic rings. The molecule has 4 aromatic rings. The predicted octanol–water partition coefficient (Wildman–Crippen LogP) is 6.97. The van der Waals surface area contributed by atoms with Crippen LogP contribution < -0.4 is 20.7 Å². The van der Waals surface area contributed by atoms with Gasteiger partial charge < -0.3 is 25.8 Å². The van der Waals surface area contributed by atoms with Gasteiger partial charge in [0.15, 0.2) is 0 Å². The van der Waals surface area contributed by atoms with Crippen LogP contribution in [0.3, 0.4) is 0 Å². The fourth-order valence-corrected chi connectivity index (χ4v) is 5.17. The van der Waals surface area contributed by atoms with Crippen molar-refractivity contribution in [1.29, 1.82) is 0 Å². The van der Waals surface area contributed by atoms with Crippen molar-refractivity contribution in [3.63, 3.8) is 0 Å². The number of amides is 3. The van der Waals surface area contributed by atoms with Crippen molar-refractivity contribution in [2.75, 3.05) is 17.2 Å². The van der Waals surface area contributed by atoms with Gasteiger partial charge in [-0.2, -0.15) is 0 Å². The molecule has 3 amide bonds. The molecule has 4 N–H and O–H groups in total. The number of anilines is 2. The van der Waals surface area contributed by atoms with E-state index < -0.39 is 23.0 Å². The van der Waals surface area contributed by atoms with Crippen LogP contribution in [0.2, 0.25) is 5.02 Å². The number of aromatic carboxylic acids is 1. The van der Waals surface area contributed by atoms with E-state index in [-0.39, 0.29) is 22.2 Å². The monoisotopic (exact) mass is 643 g/mol. The second-order valence-electron chi connectivity index (χ2n) is 9.61. The molecule has 9 nitrogen and oxygen atoms in total. The highest BCUT2D eigenvalue weighted by Gasteiger charge is 2.18. The molecule has 0 aliphatic heterocycles. The highest BCUT2D eigenvalue weighted by Crippen LogP contribution is 2.28. The Hall–Kier alpha value is -5.06. The summed E-state index contributed by atoms with van der Waals surface area (Å²) in [6.07, 6.45) is 1.57. The van der Waals surface area contributed by atoms with Crippen molar-refractivity contribution in [1.82, 2.24) is 5.32 Å². The molecule has 0 saturated carbocycles. The van der Waals surface area contributed by atoms with E-state index in [2.05, 4.69) is 16.0 Å². The third-order valence-electron chi connectivity index (χ3n) is 6.27. The Balaban J connectivity index is 1.48. The summed E-state index contributed by atoms with van der Waals surface area (Å²) in [6.45, 7) is 4.11. The molecule has 4 rings (SSSR count). The van der Waals surface area contributed by atoms with Crippen LogP contribution in [-0.2, 0) is 9.59 Å². The first-order chi connectivity index (χ1) is 21.6. The molecule has 230 valence electrons. The average molecular weight is 644 g/mol. The fraction of sp³-hybridized carbons (Fsp3) is 0.118. The zero-order valence-corrected chi connectivity index (χ0v) is 25.9. The lowest BCUT2D eigenvalue weighted by atomic mass is 10.1. The van der Waals surface area contributed by atoms with Gasteiger partial charge in [-0.15, -0.1) is 11.8 Å². The quantitative estimate of drug-likeness (QED) is 0.0968. The second kappa shape index (κ2) is 15.6. The first-order valence-corrected chi connectivity index (χ1v) is 15.1. The van der Waals surface area contributed by atoms with Crippen molar-refractivity contribution in [2.45, 2.75) is 24.0 Å². The van der Waals surface area contributed by atoms with Crippen LogP contribution in [0.4, 0.5) is 11.4 Å². The number of ether oxygens (including phenoxy) is 1. The topological polar surface area (TPSA) is 134 Å². The lowest BCUT2D eigenvalue weighted by molar-refractivity contribution is -0.115. The highest BCUT2D eigenvalue weighted by atomic mass is 35.5. The molecule has 0 radical (unpaired) electrons. The van der Waals surface area contributed by atoms with E-state index in [1.165, 1.54) is 30.0 Å². The molecule has 0 saturated heterocycles. The highest BCUT2D eigenvalue weighted by molar-refractivity contribution is 8.00. The van der Waals surface area contributed by atoms with Gasteiger partial charge in [0.1, 0.15) is 11.4 Å². The minimum absolute atomic E-state index is 0.0301. The molecule has 1 atom stereocenters. The zero-order chi connectivity index (χ0) is 32.3. The first kappa shape index (κ1) is 32.8. The largest absolute Gasteiger partial charge is 0.494 e. The van der Waals surface area contributed by atoms with E-state index in [1.54, 1.807) is 91.9 Å². The van der Waals surface area contributed by atoms with E-state index >= 15 is 0 Å². The van der Waals surface area contributed by atoms with Gasteiger partial charge in [0.05, 0.1) is 22.4 Å². The molecule has 4 aromatic carbocycles. The Morgan fingerprint density at radius 2 is 1.60 bits per heavy atom. The van der Waals surface area contributed by atoms with Gasteiger partial charge in [0.2, 0.25) is 5.91 Å². The lowest BCUT2D eigenvalue weighted by Gasteiger charge is -2.14. The summed E-state index contributed by atoms with van der Waals surface area (Å²) < 4.78 is 5.49. The minimum atomic E-state index is -1.20. The summed E-state index contributed by atoms with van der Waals surface area (Å²) in [5.74, 6) is -1.85. The van der Waals surface area contributed by atoms with Crippen molar-refractivity contribution in [3.8, 4) is 5.75 Å². The van der Waals surface area contributed by atoms with E-state index in [1.807, 2.05) is 6.92 Å². The van der Waals surface area contributed by atoms with Crippen LogP contribution in [0, 0.1) is 0 Å². The summed E-state index contributed by atoms with van der Waals surface area (Å²) in [4.78, 5) is 51.3. The van der Waals surface area contributed by atoms with E-state index in [9.17, 15) is 24.3 Å². The minimum Gasteiger partial charge on any atom is -0.494 e. The van der Waals surface area contributed by atoms with Gasteiger partial charge in [0.25, 0.3) is 11.8 Å². The van der Waals surface area contributed by atoms with Crippen molar-refractivity contribution in [2.24, 2.45) is 0 Å². The van der Waals surface area contributed by atoms with Crippen LogP contribution in [0.5, 0.6) is 5.75 Å². The molecule has 0 fully saturated rings. The summed E-state index contributed by atoms with van der Waals surface area (Å²) in [6, 6.07) is 26.8. The maximum atomic E-state index is 13.5. The Kier molecular flexibility index (Phi) is 11.4. The maximum absolute atomic E-state index is 13.5. The summed E-state index contributed by atoms with van der Waals surface area (Å²) in [7, 11) is 0. The molecule has 0 aliphatic carbocycles. The van der Waals surface area contributed by atoms with Gasteiger partial charge in [0, 0.05) is 21.8 Å². The lowest BCUT2D eigenvalue weighted by Crippen LogP contribution is -2.30. The number of carboxylic acid groups (broad SMARTS) is 1. The summed E-state index contributed by atoms with van der Waals surface area (Å²) >= 11 is 7.17. The van der Waals surface area contributed by atoms with Gasteiger partial charge in [-0.25, -0.2) is 4.79 Å². The number of carbonyl (C=O) groups excluding carboxylic acids is 3. The van der Waals surface area contributed by atoms with E-state index in [0.717, 1.165) is 0 Å². The molecule has 45 heavy (non-hydrogen) atoms. The number of carbonyl (C=O) groups is 4. The Morgan fingerprint density at radius 3 is 2.29 bits per heavy atom. The first-order valence-electron chi connectivity index (χ1n) is 13.9. The van der Waals surface area contributed by atoms with E-state index in [4.69, 9.17) is 16.3 Å². The number of thioether (sulfide) groups is 1. The van der Waals surface area contributed by atoms with Crippen LogP contribution in [-0.4, -0.2) is 40.7 Å². The number of benzene rings is 4. The van der Waals surface area contributed by atoms with Gasteiger partial charge in [-0.1, -0.05) is 48.0 Å². The Morgan fingerprint density at radius 1 is 0.889 bits per heavy atom. The smallest absolute Gasteiger partial charge is 0.337 e. The fourth-order valence-electron chi connectivity index (χ4n) is 4.05. The third-order valence-corrected chi connectivity index (χ3v) is 7.69. The molecular formula is C34H30ClN3O6S. The zero-order valence-electron chi connectivity index (χ0n) is 24.4. The average Bonchev–Trinajstić information content (AvgIpc) is 3.03. The summed E-state index contributed by atoms with van der Waals surface area (Å²) in [5.41, 5.74) is 1.74. The molecule has 11 heteroatoms. The van der Waals surface area contributed by atoms with Crippen LogP contribution in [0.15, 0.2) is 108 Å². The standard InChI is InChI=1S/C34H30ClN3O6S/c1-3-44-26-15-12-22(13-16-26)18-30(38-32(40)23-8-5-4-6-9-23)33(41)37-24-10-7-11-27(19-24)45-21(2)31(39)36-25-14-17-29(35)28(20-25)34(42)43/h4-21H,3H2,1-2H3,(H,36,39)(H,37,41)(H,38,40)(H,42,43)/b30-18+.